The van der Waals surface area contributed by atoms with Gasteiger partial charge in [-0.2, -0.15) is 0 Å². The highest BCUT2D eigenvalue weighted by atomic mass is 127. The van der Waals surface area contributed by atoms with Gasteiger partial charge in [0.05, 0.1) is 7.11 Å². The van der Waals surface area contributed by atoms with Crippen molar-refractivity contribution >= 4 is 35.8 Å². The number of carbonyl (C=O) groups excluding carboxylic acids is 1. The molecule has 2 rings (SSSR count). The van der Waals surface area contributed by atoms with Crippen LogP contribution in [-0.2, 0) is 11.3 Å². The molecule has 0 radical (unpaired) electrons. The maximum Gasteiger partial charge on any atom is 0.242 e. The Morgan fingerprint density at radius 3 is 2.37 bits per heavy atom. The summed E-state index contributed by atoms with van der Waals surface area (Å²) in [5.74, 6) is 1.43. The van der Waals surface area contributed by atoms with Crippen LogP contribution >= 0.6 is 24.0 Å². The third kappa shape index (κ3) is 7.56. The van der Waals surface area contributed by atoms with Crippen molar-refractivity contribution in [3.05, 3.63) is 29.8 Å². The Morgan fingerprint density at radius 1 is 1.15 bits per heavy atom. The van der Waals surface area contributed by atoms with E-state index in [1.807, 2.05) is 31.2 Å². The number of ether oxygens (including phenoxy) is 1. The maximum absolute atomic E-state index is 12.1. The maximum atomic E-state index is 12.1. The fourth-order valence-corrected chi connectivity index (χ4v) is 3.10. The molecule has 3 N–H and O–H groups in total. The fraction of sp³-hybridized carbons (Fsp3) is 0.600. The van der Waals surface area contributed by atoms with Crippen LogP contribution in [0, 0.1) is 5.41 Å². The summed E-state index contributed by atoms with van der Waals surface area (Å²) >= 11 is 0. The van der Waals surface area contributed by atoms with Crippen LogP contribution in [0.15, 0.2) is 29.3 Å². The van der Waals surface area contributed by atoms with Crippen molar-refractivity contribution < 1.29 is 9.53 Å². The van der Waals surface area contributed by atoms with Crippen LogP contribution in [0.5, 0.6) is 5.75 Å². The number of aliphatic imine (C=N–C) groups is 1. The molecule has 0 aromatic heterocycles. The summed E-state index contributed by atoms with van der Waals surface area (Å²) in [5, 5.41) is 9.51. The first-order valence-electron chi connectivity index (χ1n) is 9.52. The van der Waals surface area contributed by atoms with Crippen molar-refractivity contribution in [1.29, 1.82) is 0 Å². The topological polar surface area (TPSA) is 74.8 Å². The van der Waals surface area contributed by atoms with E-state index >= 15 is 0 Å². The van der Waals surface area contributed by atoms with Crippen LogP contribution in [0.3, 0.4) is 0 Å². The van der Waals surface area contributed by atoms with Gasteiger partial charge in [0, 0.05) is 19.6 Å². The zero-order valence-corrected chi connectivity index (χ0v) is 19.0. The van der Waals surface area contributed by atoms with E-state index in [2.05, 4.69) is 27.9 Å². The number of guanidine groups is 1. The first-order valence-corrected chi connectivity index (χ1v) is 9.52. The summed E-state index contributed by atoms with van der Waals surface area (Å²) in [6.07, 6.45) is 5.05. The quantitative estimate of drug-likeness (QED) is 0.284. The van der Waals surface area contributed by atoms with Crippen LogP contribution in [-0.4, -0.2) is 38.6 Å². The number of hydrogen-bond acceptors (Lipinski definition) is 3. The zero-order chi connectivity index (χ0) is 18.8. The lowest BCUT2D eigenvalue weighted by atomic mass is 9.67. The van der Waals surface area contributed by atoms with Crippen molar-refractivity contribution in [3.63, 3.8) is 0 Å². The predicted octanol–water partition coefficient (Wildman–Crippen LogP) is 3.06. The first-order chi connectivity index (χ1) is 12.6. The van der Waals surface area contributed by atoms with Gasteiger partial charge in [-0.1, -0.05) is 25.5 Å². The van der Waals surface area contributed by atoms with E-state index in [-0.39, 0.29) is 36.4 Å². The first kappa shape index (κ1) is 23.5. The zero-order valence-electron chi connectivity index (χ0n) is 16.6. The van der Waals surface area contributed by atoms with Crippen molar-refractivity contribution in [3.8, 4) is 5.75 Å². The van der Waals surface area contributed by atoms with Gasteiger partial charge in [0.1, 0.15) is 12.3 Å². The van der Waals surface area contributed by atoms with Gasteiger partial charge >= 0.3 is 0 Å². The third-order valence-corrected chi connectivity index (χ3v) is 5.17. The minimum absolute atomic E-state index is 0. The summed E-state index contributed by atoms with van der Waals surface area (Å²) in [4.78, 5) is 16.5. The Bertz CT molecular complexity index is 595. The standard InChI is InChI=1S/C20H32N4O2.HI/c1-4-20(11-6-12-20)15-24-19(21-5-2)23-14-18(25)22-13-16-7-9-17(26-3)10-8-16;/h7-10H,4-6,11-15H2,1-3H3,(H,22,25)(H2,21,23,24);1H. The molecule has 0 aliphatic heterocycles. The van der Waals surface area contributed by atoms with Crippen molar-refractivity contribution in [2.45, 2.75) is 46.1 Å². The molecule has 0 bridgehead atoms. The van der Waals surface area contributed by atoms with Gasteiger partial charge in [-0.3, -0.25) is 4.79 Å². The molecule has 0 spiro atoms. The summed E-state index contributed by atoms with van der Waals surface area (Å²) in [5.41, 5.74) is 1.44. The summed E-state index contributed by atoms with van der Waals surface area (Å²) < 4.78 is 5.13. The predicted molar refractivity (Wildman–Crippen MR) is 121 cm³/mol. The Balaban J connectivity index is 0.00000364. The average molecular weight is 488 g/mol. The Labute approximate surface area is 179 Å². The molecule has 1 aliphatic rings. The van der Waals surface area contributed by atoms with E-state index < -0.39 is 0 Å². The molecule has 27 heavy (non-hydrogen) atoms. The minimum Gasteiger partial charge on any atom is -0.497 e. The summed E-state index contributed by atoms with van der Waals surface area (Å²) in [7, 11) is 1.64. The van der Waals surface area contributed by atoms with Crippen LogP contribution in [0.2, 0.25) is 0 Å². The van der Waals surface area contributed by atoms with E-state index in [9.17, 15) is 4.79 Å². The van der Waals surface area contributed by atoms with E-state index in [1.165, 1.54) is 25.7 Å². The number of amides is 1. The fourth-order valence-electron chi connectivity index (χ4n) is 3.10. The molecule has 7 heteroatoms. The molecule has 0 unspecified atom stereocenters. The summed E-state index contributed by atoms with van der Waals surface area (Å²) in [6.45, 7) is 6.57. The van der Waals surface area contributed by atoms with Gasteiger partial charge in [-0.25, -0.2) is 4.99 Å². The smallest absolute Gasteiger partial charge is 0.242 e. The largest absolute Gasteiger partial charge is 0.497 e. The molecule has 1 saturated carbocycles. The molecule has 152 valence electrons. The third-order valence-electron chi connectivity index (χ3n) is 5.17. The Kier molecular flexibility index (Phi) is 10.5. The molecule has 0 saturated heterocycles. The van der Waals surface area contributed by atoms with Crippen LogP contribution in [0.25, 0.3) is 0 Å². The number of hydrogen-bond donors (Lipinski definition) is 3. The number of rotatable bonds is 9. The van der Waals surface area contributed by atoms with Crippen LogP contribution in [0.4, 0.5) is 0 Å². The average Bonchev–Trinajstić information content (AvgIpc) is 2.64. The van der Waals surface area contributed by atoms with E-state index in [1.54, 1.807) is 7.11 Å². The molecule has 1 fully saturated rings. The highest BCUT2D eigenvalue weighted by Gasteiger charge is 2.34. The van der Waals surface area contributed by atoms with E-state index in [0.29, 0.717) is 17.9 Å². The SMILES string of the molecule is CCNC(=NCC(=O)NCc1ccc(OC)cc1)NCC1(CC)CCC1.I. The Morgan fingerprint density at radius 2 is 1.85 bits per heavy atom. The van der Waals surface area contributed by atoms with Gasteiger partial charge in [-0.15, -0.1) is 24.0 Å². The van der Waals surface area contributed by atoms with Crippen molar-refractivity contribution in [1.82, 2.24) is 16.0 Å². The molecule has 6 nitrogen and oxygen atoms in total. The number of methoxy groups -OCH3 is 1. The van der Waals surface area contributed by atoms with Crippen LogP contribution in [0.1, 0.15) is 45.1 Å². The molecule has 1 amide bonds. The van der Waals surface area contributed by atoms with E-state index in [0.717, 1.165) is 24.4 Å². The highest BCUT2D eigenvalue weighted by Crippen LogP contribution is 2.42. The second-order valence-electron chi connectivity index (χ2n) is 6.88. The van der Waals surface area contributed by atoms with Gasteiger partial charge < -0.3 is 20.7 Å². The highest BCUT2D eigenvalue weighted by molar-refractivity contribution is 14.0. The second kappa shape index (κ2) is 12.0. The molecule has 1 aromatic rings. The number of carbonyl (C=O) groups is 1. The summed E-state index contributed by atoms with van der Waals surface area (Å²) in [6, 6.07) is 7.65. The van der Waals surface area contributed by atoms with Gasteiger partial charge in [0.25, 0.3) is 0 Å². The lowest BCUT2D eigenvalue weighted by Gasteiger charge is -2.41. The minimum atomic E-state index is -0.0909. The monoisotopic (exact) mass is 488 g/mol. The van der Waals surface area contributed by atoms with Crippen molar-refractivity contribution in [2.24, 2.45) is 10.4 Å². The van der Waals surface area contributed by atoms with Crippen molar-refractivity contribution in [2.75, 3.05) is 26.7 Å². The molecule has 1 aliphatic carbocycles. The van der Waals surface area contributed by atoms with Gasteiger partial charge in [0.2, 0.25) is 5.91 Å². The normalized spacial score (nSPS) is 15.1. The Hall–Kier alpha value is -1.51. The van der Waals surface area contributed by atoms with Crippen LogP contribution < -0.4 is 20.7 Å². The van der Waals surface area contributed by atoms with Gasteiger partial charge in [-0.05, 0) is 49.3 Å². The molecular weight excluding hydrogens is 455 g/mol. The number of halogens is 1. The lowest BCUT2D eigenvalue weighted by molar-refractivity contribution is -0.119. The number of nitrogens with zero attached hydrogens (tertiary/aromatic N) is 1. The molecule has 1 aromatic carbocycles. The second-order valence-corrected chi connectivity index (χ2v) is 6.88. The van der Waals surface area contributed by atoms with E-state index in [4.69, 9.17) is 4.74 Å². The molecule has 0 heterocycles. The molecule has 0 atom stereocenters. The number of nitrogens with one attached hydrogen (secondary N) is 3. The number of benzene rings is 1. The van der Waals surface area contributed by atoms with Gasteiger partial charge in [0.15, 0.2) is 5.96 Å². The lowest BCUT2D eigenvalue weighted by Crippen LogP contribution is -2.46. The molecular formula is C20H33IN4O2.